The van der Waals surface area contributed by atoms with E-state index in [9.17, 15) is 4.79 Å². The Labute approximate surface area is 106 Å². The first-order valence-corrected chi connectivity index (χ1v) is 5.92. The molecule has 18 heavy (non-hydrogen) atoms. The number of carboxylic acids is 1. The molecule has 0 aliphatic rings. The molecule has 0 aliphatic heterocycles. The van der Waals surface area contributed by atoms with Gasteiger partial charge in [0, 0.05) is 5.56 Å². The Hall–Kier alpha value is -2.16. The molecule has 0 bridgehead atoms. The Kier molecular flexibility index (Phi) is 3.42. The van der Waals surface area contributed by atoms with E-state index in [1.807, 2.05) is 38.1 Å². The molecule has 0 unspecified atom stereocenters. The van der Waals surface area contributed by atoms with Gasteiger partial charge in [0.1, 0.15) is 0 Å². The molecule has 0 radical (unpaired) electrons. The monoisotopic (exact) mass is 241 g/mol. The van der Waals surface area contributed by atoms with Crippen LogP contribution in [0, 0.1) is 6.92 Å². The summed E-state index contributed by atoms with van der Waals surface area (Å²) >= 11 is 0. The topological polar surface area (TPSA) is 50.2 Å². The van der Waals surface area contributed by atoms with E-state index in [1.54, 1.807) is 12.1 Å². The molecule has 3 heteroatoms. The predicted molar refractivity (Wildman–Crippen MR) is 70.7 cm³/mol. The molecule has 2 aromatic rings. The van der Waals surface area contributed by atoms with E-state index in [4.69, 9.17) is 5.11 Å². The first-order valence-electron chi connectivity index (χ1n) is 5.92. The van der Waals surface area contributed by atoms with Crippen LogP contribution in [0.1, 0.15) is 28.5 Å². The van der Waals surface area contributed by atoms with Crippen LogP contribution in [0.2, 0.25) is 0 Å². The number of rotatable bonds is 3. The van der Waals surface area contributed by atoms with Crippen molar-refractivity contribution < 1.29 is 9.90 Å². The maximum atomic E-state index is 11.1. The van der Waals surface area contributed by atoms with Gasteiger partial charge in [-0.3, -0.25) is 4.98 Å². The zero-order chi connectivity index (χ0) is 13.1. The highest BCUT2D eigenvalue weighted by Crippen LogP contribution is 2.22. The Bertz CT molecular complexity index is 591. The predicted octanol–water partition coefficient (Wildman–Crippen LogP) is 3.32. The lowest BCUT2D eigenvalue weighted by Crippen LogP contribution is -2.05. The van der Waals surface area contributed by atoms with Crippen molar-refractivity contribution >= 4 is 5.97 Å². The van der Waals surface area contributed by atoms with E-state index in [-0.39, 0.29) is 5.56 Å². The van der Waals surface area contributed by atoms with Gasteiger partial charge in [-0.05, 0) is 31.0 Å². The van der Waals surface area contributed by atoms with E-state index in [2.05, 4.69) is 4.98 Å². The van der Waals surface area contributed by atoms with Crippen LogP contribution in [0.4, 0.5) is 0 Å². The smallest absolute Gasteiger partial charge is 0.337 e. The van der Waals surface area contributed by atoms with Crippen LogP contribution < -0.4 is 0 Å². The van der Waals surface area contributed by atoms with Gasteiger partial charge in [0.05, 0.1) is 17.0 Å². The SMILES string of the molecule is CCc1nc(-c2ccccc2C)ccc1C(=O)O. The summed E-state index contributed by atoms with van der Waals surface area (Å²) in [6, 6.07) is 11.4. The minimum absolute atomic E-state index is 0.287. The number of hydrogen-bond donors (Lipinski definition) is 1. The zero-order valence-electron chi connectivity index (χ0n) is 10.5. The van der Waals surface area contributed by atoms with E-state index >= 15 is 0 Å². The number of aryl methyl sites for hydroxylation is 2. The van der Waals surface area contributed by atoms with E-state index in [0.29, 0.717) is 12.1 Å². The van der Waals surface area contributed by atoms with E-state index in [0.717, 1.165) is 16.8 Å². The molecule has 2 rings (SSSR count). The molecule has 3 nitrogen and oxygen atoms in total. The second kappa shape index (κ2) is 5.00. The van der Waals surface area contributed by atoms with Crippen LogP contribution in [0.25, 0.3) is 11.3 Å². The van der Waals surface area contributed by atoms with Gasteiger partial charge < -0.3 is 5.11 Å². The molecular weight excluding hydrogens is 226 g/mol. The summed E-state index contributed by atoms with van der Waals surface area (Å²) in [6.07, 6.45) is 0.612. The number of hydrogen-bond acceptors (Lipinski definition) is 2. The number of nitrogens with zero attached hydrogens (tertiary/aromatic N) is 1. The van der Waals surface area contributed by atoms with Crippen molar-refractivity contribution in [3.05, 3.63) is 53.2 Å². The molecule has 92 valence electrons. The standard InChI is InChI=1S/C15H15NO2/c1-3-13-12(15(17)18)8-9-14(16-13)11-7-5-4-6-10(11)2/h4-9H,3H2,1-2H3,(H,17,18). The highest BCUT2D eigenvalue weighted by molar-refractivity contribution is 5.89. The van der Waals surface area contributed by atoms with Crippen molar-refractivity contribution in [1.82, 2.24) is 4.98 Å². The van der Waals surface area contributed by atoms with Gasteiger partial charge in [-0.25, -0.2) is 4.79 Å². The normalized spacial score (nSPS) is 10.3. The Morgan fingerprint density at radius 3 is 2.56 bits per heavy atom. The third kappa shape index (κ3) is 2.25. The van der Waals surface area contributed by atoms with Gasteiger partial charge in [0.2, 0.25) is 0 Å². The maximum absolute atomic E-state index is 11.1. The highest BCUT2D eigenvalue weighted by Gasteiger charge is 2.12. The fourth-order valence-corrected chi connectivity index (χ4v) is 1.98. The number of benzene rings is 1. The zero-order valence-corrected chi connectivity index (χ0v) is 10.5. The third-order valence-electron chi connectivity index (χ3n) is 2.96. The Balaban J connectivity index is 2.55. The number of carbonyl (C=O) groups is 1. The first-order chi connectivity index (χ1) is 8.63. The summed E-state index contributed by atoms with van der Waals surface area (Å²) in [6.45, 7) is 3.93. The van der Waals surface area contributed by atoms with Crippen molar-refractivity contribution in [3.63, 3.8) is 0 Å². The molecule has 1 aromatic carbocycles. The van der Waals surface area contributed by atoms with Crippen LogP contribution in [0.3, 0.4) is 0 Å². The second-order valence-corrected chi connectivity index (χ2v) is 4.16. The van der Waals surface area contributed by atoms with Gasteiger partial charge in [0.15, 0.2) is 0 Å². The first kappa shape index (κ1) is 12.3. The van der Waals surface area contributed by atoms with Crippen molar-refractivity contribution in [2.75, 3.05) is 0 Å². The average molecular weight is 241 g/mol. The summed E-state index contributed by atoms with van der Waals surface area (Å²) in [5.41, 5.74) is 3.92. The molecule has 0 atom stereocenters. The van der Waals surface area contributed by atoms with Gasteiger partial charge in [0.25, 0.3) is 0 Å². The minimum Gasteiger partial charge on any atom is -0.478 e. The number of pyridine rings is 1. The molecule has 1 heterocycles. The molecular formula is C15H15NO2. The molecule has 0 fully saturated rings. The number of aromatic carboxylic acids is 1. The van der Waals surface area contributed by atoms with Crippen molar-refractivity contribution in [2.45, 2.75) is 20.3 Å². The lowest BCUT2D eigenvalue weighted by atomic mass is 10.0. The van der Waals surface area contributed by atoms with Crippen LogP contribution in [0.15, 0.2) is 36.4 Å². The second-order valence-electron chi connectivity index (χ2n) is 4.16. The molecule has 1 aromatic heterocycles. The summed E-state index contributed by atoms with van der Waals surface area (Å²) in [4.78, 5) is 15.5. The Morgan fingerprint density at radius 2 is 1.94 bits per heavy atom. The lowest BCUT2D eigenvalue weighted by Gasteiger charge is -2.08. The van der Waals surface area contributed by atoms with Crippen LogP contribution in [0.5, 0.6) is 0 Å². The van der Waals surface area contributed by atoms with Crippen LogP contribution in [-0.2, 0) is 6.42 Å². The largest absolute Gasteiger partial charge is 0.478 e. The summed E-state index contributed by atoms with van der Waals surface area (Å²) in [5.74, 6) is -0.921. The fourth-order valence-electron chi connectivity index (χ4n) is 1.98. The van der Waals surface area contributed by atoms with E-state index in [1.165, 1.54) is 0 Å². The molecule has 0 amide bonds. The van der Waals surface area contributed by atoms with Crippen molar-refractivity contribution in [2.24, 2.45) is 0 Å². The fraction of sp³-hybridized carbons (Fsp3) is 0.200. The maximum Gasteiger partial charge on any atom is 0.337 e. The van der Waals surface area contributed by atoms with Gasteiger partial charge >= 0.3 is 5.97 Å². The summed E-state index contributed by atoms with van der Waals surface area (Å²) in [5, 5.41) is 9.07. The molecule has 1 N–H and O–H groups in total. The molecule has 0 aliphatic carbocycles. The minimum atomic E-state index is -0.921. The number of aromatic nitrogens is 1. The number of carboxylic acid groups (broad SMARTS) is 1. The highest BCUT2D eigenvalue weighted by atomic mass is 16.4. The van der Waals surface area contributed by atoms with Crippen LogP contribution in [-0.4, -0.2) is 16.1 Å². The van der Waals surface area contributed by atoms with Crippen molar-refractivity contribution in [3.8, 4) is 11.3 Å². The molecule has 0 spiro atoms. The molecule has 0 saturated carbocycles. The van der Waals surface area contributed by atoms with Crippen LogP contribution >= 0.6 is 0 Å². The summed E-state index contributed by atoms with van der Waals surface area (Å²) in [7, 11) is 0. The lowest BCUT2D eigenvalue weighted by molar-refractivity contribution is 0.0695. The molecule has 0 saturated heterocycles. The third-order valence-corrected chi connectivity index (χ3v) is 2.96. The van der Waals surface area contributed by atoms with Crippen molar-refractivity contribution in [1.29, 1.82) is 0 Å². The summed E-state index contributed by atoms with van der Waals surface area (Å²) < 4.78 is 0. The van der Waals surface area contributed by atoms with E-state index < -0.39 is 5.97 Å². The van der Waals surface area contributed by atoms with Gasteiger partial charge in [-0.2, -0.15) is 0 Å². The quantitative estimate of drug-likeness (QED) is 0.896. The van der Waals surface area contributed by atoms with Gasteiger partial charge in [-0.15, -0.1) is 0 Å². The Morgan fingerprint density at radius 1 is 1.22 bits per heavy atom. The average Bonchev–Trinajstić information content (AvgIpc) is 2.38. The van der Waals surface area contributed by atoms with Gasteiger partial charge in [-0.1, -0.05) is 31.2 Å².